The first-order valence-electron chi connectivity index (χ1n) is 10.6. The van der Waals surface area contributed by atoms with Crippen LogP contribution in [0.3, 0.4) is 0 Å². The summed E-state index contributed by atoms with van der Waals surface area (Å²) >= 11 is 1.29. The van der Waals surface area contributed by atoms with Crippen molar-refractivity contribution in [3.63, 3.8) is 0 Å². The number of aliphatic imine (C=N–C) groups is 1. The second kappa shape index (κ2) is 9.42. The number of hydrogen-bond acceptors (Lipinski definition) is 9. The number of ether oxygens (including phenoxy) is 2. The molecule has 0 amide bonds. The third-order valence-electron chi connectivity index (χ3n) is 6.03. The summed E-state index contributed by atoms with van der Waals surface area (Å²) < 4.78 is 52.1. The first-order chi connectivity index (χ1) is 16.6. The van der Waals surface area contributed by atoms with Crippen LogP contribution >= 0.6 is 11.3 Å². The van der Waals surface area contributed by atoms with Gasteiger partial charge in [-0.25, -0.2) is 27.9 Å². The maximum Gasteiger partial charge on any atom is 0.338 e. The van der Waals surface area contributed by atoms with Gasteiger partial charge < -0.3 is 14.8 Å². The van der Waals surface area contributed by atoms with Gasteiger partial charge in [-0.05, 0) is 24.6 Å². The van der Waals surface area contributed by atoms with E-state index in [4.69, 9.17) is 14.5 Å². The first-order valence-corrected chi connectivity index (χ1v) is 11.5. The van der Waals surface area contributed by atoms with E-state index in [0.29, 0.717) is 16.4 Å². The van der Waals surface area contributed by atoms with Crippen LogP contribution in [0.25, 0.3) is 0 Å². The van der Waals surface area contributed by atoms with Crippen LogP contribution in [0, 0.1) is 5.82 Å². The van der Waals surface area contributed by atoms with Gasteiger partial charge >= 0.3 is 11.9 Å². The minimum absolute atomic E-state index is 0.0470. The number of thiazole rings is 1. The second-order valence-corrected chi connectivity index (χ2v) is 9.25. The molecule has 2 aliphatic rings. The van der Waals surface area contributed by atoms with Crippen molar-refractivity contribution in [2.45, 2.75) is 30.8 Å². The van der Waals surface area contributed by atoms with Gasteiger partial charge in [0.1, 0.15) is 17.4 Å². The monoisotopic (exact) mass is 508 g/mol. The van der Waals surface area contributed by atoms with E-state index >= 15 is 0 Å². The lowest BCUT2D eigenvalue weighted by atomic mass is 9.82. The van der Waals surface area contributed by atoms with Crippen molar-refractivity contribution >= 4 is 29.1 Å². The lowest BCUT2D eigenvalue weighted by Crippen LogP contribution is -2.47. The molecule has 2 unspecified atom stereocenters. The van der Waals surface area contributed by atoms with Gasteiger partial charge in [-0.3, -0.25) is 9.69 Å². The summed E-state index contributed by atoms with van der Waals surface area (Å²) in [7, 11) is 2.33. The number of benzene rings is 1. The predicted molar refractivity (Wildman–Crippen MR) is 122 cm³/mol. The van der Waals surface area contributed by atoms with E-state index in [1.54, 1.807) is 18.5 Å². The number of alkyl halides is 2. The van der Waals surface area contributed by atoms with Gasteiger partial charge in [-0.15, -0.1) is 11.3 Å². The molecule has 1 fully saturated rings. The van der Waals surface area contributed by atoms with E-state index in [0.717, 1.165) is 7.11 Å². The van der Waals surface area contributed by atoms with Gasteiger partial charge in [0, 0.05) is 30.2 Å². The van der Waals surface area contributed by atoms with E-state index < -0.39 is 48.2 Å². The molecule has 3 heterocycles. The Morgan fingerprint density at radius 1 is 1.23 bits per heavy atom. The number of hydrogen-bond donors (Lipinski definition) is 1. The summed E-state index contributed by atoms with van der Waals surface area (Å²) in [5.41, 5.74) is -0.629. The molecule has 4 rings (SSSR count). The fourth-order valence-electron chi connectivity index (χ4n) is 4.40. The van der Waals surface area contributed by atoms with Gasteiger partial charge in [-0.1, -0.05) is 12.1 Å². The van der Waals surface area contributed by atoms with Crippen molar-refractivity contribution in [1.29, 1.82) is 0 Å². The fourth-order valence-corrected chi connectivity index (χ4v) is 4.98. The van der Waals surface area contributed by atoms with Crippen molar-refractivity contribution in [1.82, 2.24) is 15.2 Å². The number of likely N-dealkylation sites (tertiary alicyclic amines) is 1. The van der Waals surface area contributed by atoms with E-state index in [1.807, 2.05) is 0 Å². The lowest BCUT2D eigenvalue weighted by molar-refractivity contribution is -0.146. The third kappa shape index (κ3) is 4.80. The topological polar surface area (TPSA) is 93.1 Å². The van der Waals surface area contributed by atoms with Crippen molar-refractivity contribution in [3.05, 3.63) is 63.5 Å². The Bertz CT molecular complexity index is 1180. The summed E-state index contributed by atoms with van der Waals surface area (Å²) in [5, 5.41) is 5.29. The molecule has 2 aliphatic heterocycles. The normalized spacial score (nSPS) is 24.1. The number of aromatic nitrogens is 1. The minimum Gasteiger partial charge on any atom is -0.468 e. The second-order valence-electron chi connectivity index (χ2n) is 8.35. The largest absolute Gasteiger partial charge is 0.468 e. The maximum atomic E-state index is 14.3. The van der Waals surface area contributed by atoms with Crippen LogP contribution < -0.4 is 5.32 Å². The number of methoxy groups -OCH3 is 2. The molecule has 0 saturated carbocycles. The average Bonchev–Trinajstić information content (AvgIpc) is 3.46. The highest BCUT2D eigenvalue weighted by Crippen LogP contribution is 2.40. The molecular weight excluding hydrogens is 485 g/mol. The molecule has 1 N–H and O–H groups in total. The number of carbonyl (C=O) groups excluding carboxylic acids is 2. The highest BCUT2D eigenvalue weighted by atomic mass is 32.1. The van der Waals surface area contributed by atoms with Gasteiger partial charge in [0.25, 0.3) is 5.92 Å². The molecule has 0 bridgehead atoms. The average molecular weight is 509 g/mol. The Hall–Kier alpha value is -3.25. The first kappa shape index (κ1) is 24.9. The van der Waals surface area contributed by atoms with Crippen LogP contribution in [0.15, 0.2) is 52.1 Å². The summed E-state index contributed by atoms with van der Waals surface area (Å²) in [6.45, 7) is 0.724. The summed E-state index contributed by atoms with van der Waals surface area (Å²) in [4.78, 5) is 35.6. The van der Waals surface area contributed by atoms with Crippen LogP contribution in [0.5, 0.6) is 0 Å². The molecule has 0 aliphatic carbocycles. The van der Waals surface area contributed by atoms with E-state index in [-0.39, 0.29) is 17.8 Å². The summed E-state index contributed by atoms with van der Waals surface area (Å²) in [5.74, 6) is -4.84. The number of amidine groups is 1. The zero-order chi connectivity index (χ0) is 25.4. The van der Waals surface area contributed by atoms with E-state index in [1.165, 1.54) is 47.6 Å². The van der Waals surface area contributed by atoms with Crippen molar-refractivity contribution in [3.8, 4) is 0 Å². The highest BCUT2D eigenvalue weighted by Gasteiger charge is 2.50. The fraction of sp³-hybridized carbons (Fsp3) is 0.391. The highest BCUT2D eigenvalue weighted by molar-refractivity contribution is 7.11. The molecule has 2 aromatic rings. The maximum absolute atomic E-state index is 14.3. The van der Waals surface area contributed by atoms with Crippen LogP contribution in [-0.4, -0.2) is 66.9 Å². The number of carbonyl (C=O) groups is 2. The molecule has 8 nitrogen and oxygen atoms in total. The molecule has 1 saturated heterocycles. The lowest BCUT2D eigenvalue weighted by Gasteiger charge is -2.36. The Balaban J connectivity index is 1.86. The predicted octanol–water partition coefficient (Wildman–Crippen LogP) is 2.86. The number of nitrogens with one attached hydrogen (secondary N) is 1. The van der Waals surface area contributed by atoms with Crippen LogP contribution in [0.1, 0.15) is 23.9 Å². The Labute approximate surface area is 203 Å². The SMILES string of the molecule is COC(=O)C1=C(CN2CC(F)(F)CC2C(=O)OC)NC(c2nccs2)=NC1(C)c1ccc(F)cc1. The Morgan fingerprint density at radius 3 is 2.54 bits per heavy atom. The van der Waals surface area contributed by atoms with Crippen LogP contribution in [0.2, 0.25) is 0 Å². The van der Waals surface area contributed by atoms with Gasteiger partial charge in [0.15, 0.2) is 10.8 Å². The van der Waals surface area contributed by atoms with Gasteiger partial charge in [-0.2, -0.15) is 0 Å². The number of nitrogens with zero attached hydrogens (tertiary/aromatic N) is 3. The summed E-state index contributed by atoms with van der Waals surface area (Å²) in [6.07, 6.45) is 0.871. The summed E-state index contributed by atoms with van der Waals surface area (Å²) in [6, 6.07) is 4.26. The number of esters is 2. The minimum atomic E-state index is -3.12. The van der Waals surface area contributed by atoms with Crippen molar-refractivity contribution in [2.24, 2.45) is 4.99 Å². The van der Waals surface area contributed by atoms with E-state index in [2.05, 4.69) is 10.3 Å². The standard InChI is InChI=1S/C23H23F3N4O4S/c1-22(13-4-6-14(24)7-5-13)17(21(32)34-3)15(28-18(29-22)19-27-8-9-35-19)11-30-12-23(25,26)10-16(30)20(31)33-2/h4-9,16H,10-12H2,1-3H3,(H,28,29). The molecule has 35 heavy (non-hydrogen) atoms. The van der Waals surface area contributed by atoms with Gasteiger partial charge in [0.2, 0.25) is 0 Å². The van der Waals surface area contributed by atoms with Crippen LogP contribution in [-0.2, 0) is 24.6 Å². The van der Waals surface area contributed by atoms with E-state index in [9.17, 15) is 22.8 Å². The zero-order valence-electron chi connectivity index (χ0n) is 19.2. The molecule has 0 radical (unpaired) electrons. The van der Waals surface area contributed by atoms with Gasteiger partial charge in [0.05, 0.1) is 26.3 Å². The molecule has 1 aromatic carbocycles. The number of halogens is 3. The smallest absolute Gasteiger partial charge is 0.338 e. The Kier molecular flexibility index (Phi) is 6.69. The number of rotatable bonds is 6. The quantitative estimate of drug-likeness (QED) is 0.600. The molecule has 2 atom stereocenters. The molecular formula is C23H23F3N4O4S. The molecule has 186 valence electrons. The third-order valence-corrected chi connectivity index (χ3v) is 6.81. The zero-order valence-corrected chi connectivity index (χ0v) is 20.0. The van der Waals surface area contributed by atoms with Crippen molar-refractivity contribution in [2.75, 3.05) is 27.3 Å². The molecule has 0 spiro atoms. The Morgan fingerprint density at radius 2 is 1.94 bits per heavy atom. The molecule has 12 heteroatoms. The van der Waals surface area contributed by atoms with Crippen LogP contribution in [0.4, 0.5) is 13.2 Å². The molecule has 1 aromatic heterocycles. The van der Waals surface area contributed by atoms with Crippen molar-refractivity contribution < 1.29 is 32.2 Å².